The topological polar surface area (TPSA) is 109 Å². The third-order valence-electron chi connectivity index (χ3n) is 3.76. The molecule has 0 aromatic carbocycles. The highest BCUT2D eigenvalue weighted by atomic mass is 16.5. The van der Waals surface area contributed by atoms with E-state index in [9.17, 15) is 0 Å². The Balaban J connectivity index is 1.64. The van der Waals surface area contributed by atoms with Gasteiger partial charge in [-0.1, -0.05) is 0 Å². The van der Waals surface area contributed by atoms with Crippen LogP contribution in [0.25, 0.3) is 22.2 Å². The van der Waals surface area contributed by atoms with E-state index in [-0.39, 0.29) is 0 Å². The van der Waals surface area contributed by atoms with Crippen molar-refractivity contribution in [3.63, 3.8) is 0 Å². The van der Waals surface area contributed by atoms with Gasteiger partial charge in [0.05, 0.1) is 25.0 Å². The lowest BCUT2D eigenvalue weighted by atomic mass is 10.1. The van der Waals surface area contributed by atoms with Crippen molar-refractivity contribution < 1.29 is 9.47 Å². The average Bonchev–Trinajstić information content (AvgIpc) is 2.69. The number of aromatic nitrogens is 5. The molecule has 0 saturated carbocycles. The lowest BCUT2D eigenvalue weighted by Gasteiger charge is -2.09. The number of ether oxygens (including phenoxy) is 2. The summed E-state index contributed by atoms with van der Waals surface area (Å²) in [4.78, 5) is 13.0. The maximum atomic E-state index is 5.87. The molecular formula is C18H14N6O2. The monoisotopic (exact) mass is 346 g/mol. The number of nitrogens with zero attached hydrogens (tertiary/aromatic N) is 5. The summed E-state index contributed by atoms with van der Waals surface area (Å²) in [5, 5.41) is 7.58. The van der Waals surface area contributed by atoms with Crippen LogP contribution < -0.4 is 15.2 Å². The molecule has 0 spiro atoms. The van der Waals surface area contributed by atoms with Crippen LogP contribution in [0.15, 0.2) is 55.1 Å². The van der Waals surface area contributed by atoms with Gasteiger partial charge in [-0.05, 0) is 12.1 Å². The Kier molecular flexibility index (Phi) is 3.98. The van der Waals surface area contributed by atoms with Crippen molar-refractivity contribution in [2.24, 2.45) is 0 Å². The molecular weight excluding hydrogens is 332 g/mol. The molecule has 128 valence electrons. The van der Waals surface area contributed by atoms with Gasteiger partial charge in [0, 0.05) is 41.7 Å². The van der Waals surface area contributed by atoms with Crippen LogP contribution in [0.2, 0.25) is 0 Å². The normalized spacial score (nSPS) is 10.7. The molecule has 2 N–H and O–H groups in total. The Morgan fingerprint density at radius 3 is 2.65 bits per heavy atom. The van der Waals surface area contributed by atoms with Gasteiger partial charge in [0.1, 0.15) is 11.3 Å². The summed E-state index contributed by atoms with van der Waals surface area (Å²) in [7, 11) is 1.58. The first-order chi connectivity index (χ1) is 12.7. The number of nitrogen functional groups attached to an aromatic ring is 1. The smallest absolute Gasteiger partial charge is 0.219 e. The van der Waals surface area contributed by atoms with Crippen LogP contribution in [0.5, 0.6) is 17.4 Å². The fourth-order valence-electron chi connectivity index (χ4n) is 2.48. The Hall–Kier alpha value is -3.81. The van der Waals surface area contributed by atoms with E-state index in [1.54, 1.807) is 56.2 Å². The van der Waals surface area contributed by atoms with Crippen molar-refractivity contribution in [1.82, 2.24) is 25.1 Å². The van der Waals surface area contributed by atoms with Crippen molar-refractivity contribution in [2.45, 2.75) is 0 Å². The third-order valence-corrected chi connectivity index (χ3v) is 3.76. The highest BCUT2D eigenvalue weighted by molar-refractivity contribution is 5.81. The van der Waals surface area contributed by atoms with Gasteiger partial charge in [-0.25, -0.2) is 9.97 Å². The number of nitrogens with two attached hydrogens (primary N) is 1. The molecule has 4 aromatic rings. The zero-order chi connectivity index (χ0) is 17.9. The number of rotatable bonds is 4. The minimum absolute atomic E-state index is 0.348. The number of methoxy groups -OCH3 is 1. The van der Waals surface area contributed by atoms with Crippen molar-refractivity contribution in [2.75, 3.05) is 12.8 Å². The first kappa shape index (κ1) is 15.7. The molecule has 8 heteroatoms. The van der Waals surface area contributed by atoms with Gasteiger partial charge in [-0.15, -0.1) is 5.10 Å². The Labute approximate surface area is 148 Å². The summed E-state index contributed by atoms with van der Waals surface area (Å²) < 4.78 is 11.0. The predicted octanol–water partition coefficient (Wildman–Crippen LogP) is 2.86. The van der Waals surface area contributed by atoms with E-state index in [1.165, 1.54) is 0 Å². The lowest BCUT2D eigenvalue weighted by Crippen LogP contribution is -1.96. The molecule has 8 nitrogen and oxygen atoms in total. The highest BCUT2D eigenvalue weighted by Crippen LogP contribution is 2.29. The van der Waals surface area contributed by atoms with Crippen molar-refractivity contribution in [3.05, 3.63) is 55.1 Å². The molecule has 26 heavy (non-hydrogen) atoms. The van der Waals surface area contributed by atoms with Gasteiger partial charge in [0.25, 0.3) is 0 Å². The second-order valence-corrected chi connectivity index (χ2v) is 5.37. The van der Waals surface area contributed by atoms with Crippen molar-refractivity contribution in [1.29, 1.82) is 0 Å². The molecule has 0 saturated heterocycles. The number of anilines is 1. The standard InChI is InChI=1S/C18H14N6O2/c1-25-12-8-14-17(22-10-12)15(5-6-20-14)26-16-3-2-11(9-21-16)13-4-7-23-24-18(13)19/h2-10H,1H3,(H2,19,24). The van der Waals surface area contributed by atoms with Crippen molar-refractivity contribution >= 4 is 16.9 Å². The van der Waals surface area contributed by atoms with Crippen LogP contribution >= 0.6 is 0 Å². The SMILES string of the molecule is COc1cnc2c(Oc3ccc(-c4ccnnc4N)cn3)ccnc2c1. The summed E-state index contributed by atoms with van der Waals surface area (Å²) in [6, 6.07) is 8.93. The number of fused-ring (bicyclic) bond motifs is 1. The van der Waals surface area contributed by atoms with Crippen LogP contribution in [0.4, 0.5) is 5.82 Å². The second kappa shape index (κ2) is 6.60. The highest BCUT2D eigenvalue weighted by Gasteiger charge is 2.09. The molecule has 0 aliphatic heterocycles. The first-order valence-corrected chi connectivity index (χ1v) is 7.75. The van der Waals surface area contributed by atoms with E-state index in [1.807, 2.05) is 6.07 Å². The zero-order valence-electron chi connectivity index (χ0n) is 13.8. The van der Waals surface area contributed by atoms with Gasteiger partial charge in [-0.3, -0.25) is 4.98 Å². The fourth-order valence-corrected chi connectivity index (χ4v) is 2.48. The lowest BCUT2D eigenvalue weighted by molar-refractivity contribution is 0.413. The van der Waals surface area contributed by atoms with Gasteiger partial charge in [-0.2, -0.15) is 5.10 Å². The summed E-state index contributed by atoms with van der Waals surface area (Å²) in [5.74, 6) is 1.97. The van der Waals surface area contributed by atoms with Crippen LogP contribution in [0.3, 0.4) is 0 Å². The predicted molar refractivity (Wildman–Crippen MR) is 95.8 cm³/mol. The van der Waals surface area contributed by atoms with E-state index >= 15 is 0 Å². The molecule has 0 aliphatic carbocycles. The van der Waals surface area contributed by atoms with E-state index < -0.39 is 0 Å². The molecule has 0 fully saturated rings. The van der Waals surface area contributed by atoms with Crippen LogP contribution in [-0.4, -0.2) is 32.3 Å². The molecule has 4 rings (SSSR count). The molecule has 4 aromatic heterocycles. The molecule has 0 radical (unpaired) electrons. The molecule has 0 unspecified atom stereocenters. The quantitative estimate of drug-likeness (QED) is 0.601. The van der Waals surface area contributed by atoms with Gasteiger partial charge < -0.3 is 15.2 Å². The average molecular weight is 346 g/mol. The molecule has 4 heterocycles. The summed E-state index contributed by atoms with van der Waals surface area (Å²) in [6.45, 7) is 0. The minimum atomic E-state index is 0.348. The fraction of sp³-hybridized carbons (Fsp3) is 0.0556. The maximum Gasteiger partial charge on any atom is 0.219 e. The van der Waals surface area contributed by atoms with E-state index in [0.717, 1.165) is 11.1 Å². The van der Waals surface area contributed by atoms with Crippen LogP contribution in [0.1, 0.15) is 0 Å². The second-order valence-electron chi connectivity index (χ2n) is 5.37. The summed E-state index contributed by atoms with van der Waals surface area (Å²) >= 11 is 0. The van der Waals surface area contributed by atoms with Crippen LogP contribution in [-0.2, 0) is 0 Å². The molecule has 0 atom stereocenters. The third kappa shape index (κ3) is 2.95. The van der Waals surface area contributed by atoms with Gasteiger partial charge in [0.2, 0.25) is 5.88 Å². The van der Waals surface area contributed by atoms with E-state index in [4.69, 9.17) is 15.2 Å². The first-order valence-electron chi connectivity index (χ1n) is 7.75. The summed E-state index contributed by atoms with van der Waals surface area (Å²) in [5.41, 5.74) is 8.74. The van der Waals surface area contributed by atoms with Crippen LogP contribution in [0, 0.1) is 0 Å². The van der Waals surface area contributed by atoms with E-state index in [0.29, 0.717) is 34.2 Å². The summed E-state index contributed by atoms with van der Waals surface area (Å²) in [6.07, 6.45) is 6.52. The van der Waals surface area contributed by atoms with Crippen molar-refractivity contribution in [3.8, 4) is 28.5 Å². The number of hydrogen-bond donors (Lipinski definition) is 1. The number of pyridine rings is 3. The molecule has 0 aliphatic rings. The van der Waals surface area contributed by atoms with E-state index in [2.05, 4.69) is 25.1 Å². The largest absolute Gasteiger partial charge is 0.495 e. The number of hydrogen-bond acceptors (Lipinski definition) is 8. The maximum absolute atomic E-state index is 5.87. The Bertz CT molecular complexity index is 1070. The molecule has 0 bridgehead atoms. The Morgan fingerprint density at radius 1 is 0.962 bits per heavy atom. The van der Waals surface area contributed by atoms with Gasteiger partial charge in [0.15, 0.2) is 11.6 Å². The Morgan fingerprint density at radius 2 is 1.88 bits per heavy atom. The van der Waals surface area contributed by atoms with Gasteiger partial charge >= 0.3 is 0 Å². The molecule has 0 amide bonds. The zero-order valence-corrected chi connectivity index (χ0v) is 13.8. The minimum Gasteiger partial charge on any atom is -0.495 e.